The monoisotopic (exact) mass is 403 g/mol. The highest BCUT2D eigenvalue weighted by Crippen LogP contribution is 2.41. The van der Waals surface area contributed by atoms with Crippen molar-refractivity contribution < 1.29 is 23.8 Å². The Hall–Kier alpha value is -2.54. The van der Waals surface area contributed by atoms with Gasteiger partial charge in [0.05, 0.1) is 32.0 Å². The van der Waals surface area contributed by atoms with Crippen LogP contribution in [0.4, 0.5) is 5.00 Å². The number of amides is 1. The predicted molar refractivity (Wildman–Crippen MR) is 109 cm³/mol. The summed E-state index contributed by atoms with van der Waals surface area (Å²) in [6.45, 7) is 4.27. The molecule has 1 amide bonds. The normalized spacial score (nSPS) is 15.5. The fraction of sp³-hybridized carbons (Fsp3) is 0.429. The zero-order valence-corrected chi connectivity index (χ0v) is 17.4. The number of para-hydroxylation sites is 1. The molecular formula is C21H25NO5S. The largest absolute Gasteiger partial charge is 0.493 e. The van der Waals surface area contributed by atoms with Crippen molar-refractivity contribution >= 4 is 28.2 Å². The van der Waals surface area contributed by atoms with Crippen LogP contribution < -0.4 is 14.8 Å². The van der Waals surface area contributed by atoms with Crippen LogP contribution in [-0.4, -0.2) is 32.7 Å². The third-order valence-electron chi connectivity index (χ3n) is 4.87. The van der Waals surface area contributed by atoms with Crippen molar-refractivity contribution in [2.24, 2.45) is 5.92 Å². The Morgan fingerprint density at radius 1 is 1.25 bits per heavy atom. The summed E-state index contributed by atoms with van der Waals surface area (Å²) in [5.41, 5.74) is 1.84. The highest BCUT2D eigenvalue weighted by Gasteiger charge is 2.29. The number of nitrogens with one attached hydrogen (secondary N) is 1. The minimum absolute atomic E-state index is 0.289. The maximum Gasteiger partial charge on any atom is 0.341 e. The zero-order valence-electron chi connectivity index (χ0n) is 16.6. The molecule has 1 aliphatic carbocycles. The summed E-state index contributed by atoms with van der Waals surface area (Å²) in [4.78, 5) is 26.7. The lowest BCUT2D eigenvalue weighted by atomic mass is 9.88. The van der Waals surface area contributed by atoms with Gasteiger partial charge in [-0.15, -0.1) is 11.3 Å². The van der Waals surface area contributed by atoms with Crippen molar-refractivity contribution in [2.75, 3.05) is 26.1 Å². The third kappa shape index (κ3) is 3.85. The van der Waals surface area contributed by atoms with Crippen LogP contribution in [0.25, 0.3) is 0 Å². The molecule has 0 unspecified atom stereocenters. The number of methoxy groups -OCH3 is 2. The first-order valence-electron chi connectivity index (χ1n) is 9.34. The summed E-state index contributed by atoms with van der Waals surface area (Å²) in [5.74, 6) is 0.647. The second-order valence-corrected chi connectivity index (χ2v) is 7.88. The fourth-order valence-corrected chi connectivity index (χ4v) is 4.89. The molecule has 1 aliphatic rings. The number of benzene rings is 1. The van der Waals surface area contributed by atoms with Crippen LogP contribution in [0.2, 0.25) is 0 Å². The maximum atomic E-state index is 13.0. The smallest absolute Gasteiger partial charge is 0.341 e. The van der Waals surface area contributed by atoms with Crippen molar-refractivity contribution in [3.8, 4) is 11.5 Å². The Morgan fingerprint density at radius 2 is 2.04 bits per heavy atom. The first kappa shape index (κ1) is 20.2. The lowest BCUT2D eigenvalue weighted by Gasteiger charge is -2.18. The van der Waals surface area contributed by atoms with E-state index in [1.165, 1.54) is 25.6 Å². The van der Waals surface area contributed by atoms with Crippen molar-refractivity contribution in [1.29, 1.82) is 0 Å². The Morgan fingerprint density at radius 3 is 2.71 bits per heavy atom. The van der Waals surface area contributed by atoms with Gasteiger partial charge < -0.3 is 19.5 Å². The van der Waals surface area contributed by atoms with Crippen molar-refractivity contribution in [2.45, 2.75) is 33.1 Å². The van der Waals surface area contributed by atoms with Gasteiger partial charge in [0.25, 0.3) is 5.91 Å². The molecule has 2 aromatic rings. The number of hydrogen-bond donors (Lipinski definition) is 1. The molecule has 6 nitrogen and oxygen atoms in total. The molecular weight excluding hydrogens is 378 g/mol. The van der Waals surface area contributed by atoms with Crippen LogP contribution in [0.3, 0.4) is 0 Å². The SMILES string of the molecule is CCOC(=O)c1c(NC(=O)c2cccc(OC)c2OC)sc2c1CC[C@H](C)C2. The molecule has 1 atom stereocenters. The van der Waals surface area contributed by atoms with Crippen molar-refractivity contribution in [1.82, 2.24) is 0 Å². The van der Waals surface area contributed by atoms with Crippen LogP contribution >= 0.6 is 11.3 Å². The average Bonchev–Trinajstić information content (AvgIpc) is 3.04. The molecule has 28 heavy (non-hydrogen) atoms. The number of thiophene rings is 1. The van der Waals surface area contributed by atoms with E-state index in [4.69, 9.17) is 14.2 Å². The van der Waals surface area contributed by atoms with Gasteiger partial charge in [-0.1, -0.05) is 13.0 Å². The lowest BCUT2D eigenvalue weighted by molar-refractivity contribution is 0.0526. The molecule has 0 radical (unpaired) electrons. The molecule has 0 spiro atoms. The number of carbonyl (C=O) groups excluding carboxylic acids is 2. The highest BCUT2D eigenvalue weighted by atomic mass is 32.1. The number of ether oxygens (including phenoxy) is 3. The van der Waals surface area contributed by atoms with E-state index >= 15 is 0 Å². The van der Waals surface area contributed by atoms with Gasteiger partial charge in [-0.3, -0.25) is 4.79 Å². The minimum atomic E-state index is -0.387. The van der Waals surface area contributed by atoms with Gasteiger partial charge in [0.2, 0.25) is 0 Å². The first-order valence-corrected chi connectivity index (χ1v) is 10.2. The van der Waals surface area contributed by atoms with E-state index in [1.807, 2.05) is 0 Å². The quantitative estimate of drug-likeness (QED) is 0.727. The molecule has 0 saturated heterocycles. The van der Waals surface area contributed by atoms with E-state index in [2.05, 4.69) is 12.2 Å². The Kier molecular flexibility index (Phi) is 6.24. The predicted octanol–water partition coefficient (Wildman–Crippen LogP) is 4.32. The van der Waals surface area contributed by atoms with E-state index in [-0.39, 0.29) is 18.5 Å². The van der Waals surface area contributed by atoms with E-state index in [0.717, 1.165) is 29.7 Å². The van der Waals surface area contributed by atoms with Crippen LogP contribution in [0.5, 0.6) is 11.5 Å². The Labute approximate surface area is 168 Å². The van der Waals surface area contributed by atoms with Crippen LogP contribution in [0, 0.1) is 5.92 Å². The molecule has 0 fully saturated rings. The summed E-state index contributed by atoms with van der Waals surface area (Å²) >= 11 is 1.46. The zero-order chi connectivity index (χ0) is 20.3. The number of carbonyl (C=O) groups is 2. The van der Waals surface area contributed by atoms with Gasteiger partial charge in [0.15, 0.2) is 11.5 Å². The lowest BCUT2D eigenvalue weighted by Crippen LogP contribution is -2.17. The van der Waals surface area contributed by atoms with Gasteiger partial charge >= 0.3 is 5.97 Å². The van der Waals surface area contributed by atoms with E-state index in [9.17, 15) is 9.59 Å². The van der Waals surface area contributed by atoms with Crippen molar-refractivity contribution in [3.63, 3.8) is 0 Å². The van der Waals surface area contributed by atoms with Gasteiger partial charge in [-0.2, -0.15) is 0 Å². The van der Waals surface area contributed by atoms with Gasteiger partial charge in [-0.25, -0.2) is 4.79 Å². The molecule has 0 bridgehead atoms. The summed E-state index contributed by atoms with van der Waals surface area (Å²) < 4.78 is 15.9. The topological polar surface area (TPSA) is 73.9 Å². The fourth-order valence-electron chi connectivity index (χ4n) is 3.49. The van der Waals surface area contributed by atoms with E-state index < -0.39 is 0 Å². The second-order valence-electron chi connectivity index (χ2n) is 6.77. The van der Waals surface area contributed by atoms with Gasteiger partial charge in [-0.05, 0) is 49.8 Å². The van der Waals surface area contributed by atoms with Crippen LogP contribution in [0.15, 0.2) is 18.2 Å². The molecule has 1 aromatic carbocycles. The molecule has 150 valence electrons. The Bertz CT molecular complexity index is 889. The maximum absolute atomic E-state index is 13.0. The highest BCUT2D eigenvalue weighted by molar-refractivity contribution is 7.17. The molecule has 1 aromatic heterocycles. The Balaban J connectivity index is 1.98. The minimum Gasteiger partial charge on any atom is -0.493 e. The summed E-state index contributed by atoms with van der Waals surface area (Å²) in [7, 11) is 3.01. The van der Waals surface area contributed by atoms with Gasteiger partial charge in [0, 0.05) is 4.88 Å². The number of anilines is 1. The molecule has 1 N–H and O–H groups in total. The van der Waals surface area contributed by atoms with Crippen molar-refractivity contribution in [3.05, 3.63) is 39.8 Å². The van der Waals surface area contributed by atoms with E-state index in [1.54, 1.807) is 25.1 Å². The van der Waals surface area contributed by atoms with Gasteiger partial charge in [0.1, 0.15) is 5.00 Å². The summed E-state index contributed by atoms with van der Waals surface area (Å²) in [6, 6.07) is 5.12. The van der Waals surface area contributed by atoms with Crippen LogP contribution in [-0.2, 0) is 17.6 Å². The molecule has 7 heteroatoms. The molecule has 0 aliphatic heterocycles. The average molecular weight is 404 g/mol. The number of esters is 1. The third-order valence-corrected chi connectivity index (χ3v) is 6.04. The van der Waals surface area contributed by atoms with Crippen LogP contribution in [0.1, 0.15) is 51.4 Å². The molecule has 0 saturated carbocycles. The number of hydrogen-bond acceptors (Lipinski definition) is 6. The molecule has 1 heterocycles. The summed E-state index contributed by atoms with van der Waals surface area (Å²) in [5, 5.41) is 3.44. The number of rotatable bonds is 6. The van der Waals surface area contributed by atoms with E-state index in [0.29, 0.717) is 33.5 Å². The molecule has 3 rings (SSSR count). The summed E-state index contributed by atoms with van der Waals surface area (Å²) in [6.07, 6.45) is 2.75. The standard InChI is InChI=1S/C21H25NO5S/c1-5-27-21(24)17-13-10-9-12(2)11-16(13)28-20(17)22-19(23)14-7-6-8-15(25-3)18(14)26-4/h6-8,12H,5,9-11H2,1-4H3,(H,22,23)/t12-/m0/s1. The first-order chi connectivity index (χ1) is 13.5. The number of fused-ring (bicyclic) bond motifs is 1. The second kappa shape index (κ2) is 8.65.